The summed E-state index contributed by atoms with van der Waals surface area (Å²) in [5.41, 5.74) is 10.8. The van der Waals surface area contributed by atoms with Crippen LogP contribution in [0.4, 0.5) is 11.4 Å². The summed E-state index contributed by atoms with van der Waals surface area (Å²) < 4.78 is 29.9. The minimum atomic E-state index is -4.26. The molecule has 0 heterocycles. The lowest BCUT2D eigenvalue weighted by atomic mass is 10.3. The second kappa shape index (κ2) is 3.60. The normalized spacial score (nSPS) is 10.5. The molecule has 1 aromatic rings. The summed E-state index contributed by atoms with van der Waals surface area (Å²) in [6.07, 6.45) is 0. The number of rotatable bonds is 1. The SMILES string of the molecule is N.Nc1ccc(N)c(S(=O)(=O)O)c1. The van der Waals surface area contributed by atoms with Gasteiger partial charge in [-0.25, -0.2) is 0 Å². The first-order valence-electron chi connectivity index (χ1n) is 3.04. The van der Waals surface area contributed by atoms with Crippen LogP contribution in [0.25, 0.3) is 0 Å². The Kier molecular flexibility index (Phi) is 3.24. The molecule has 8 N–H and O–H groups in total. The third-order valence-electron chi connectivity index (χ3n) is 1.32. The fraction of sp³-hybridized carbons (Fsp3) is 0. The molecule has 0 aliphatic carbocycles. The summed E-state index contributed by atoms with van der Waals surface area (Å²) in [7, 11) is -4.26. The maximum atomic E-state index is 10.6. The zero-order valence-corrected chi connectivity index (χ0v) is 7.58. The van der Waals surface area contributed by atoms with E-state index in [9.17, 15) is 8.42 Å². The number of benzene rings is 1. The summed E-state index contributed by atoms with van der Waals surface area (Å²) in [6.45, 7) is 0. The largest absolute Gasteiger partial charge is 0.399 e. The fourth-order valence-corrected chi connectivity index (χ4v) is 1.43. The van der Waals surface area contributed by atoms with Crippen LogP contribution in [0.2, 0.25) is 0 Å². The molecule has 1 aromatic carbocycles. The number of anilines is 2. The molecule has 0 radical (unpaired) electrons. The van der Waals surface area contributed by atoms with Crippen LogP contribution in [0, 0.1) is 0 Å². The Morgan fingerprint density at radius 2 is 1.77 bits per heavy atom. The molecule has 0 fully saturated rings. The summed E-state index contributed by atoms with van der Waals surface area (Å²) in [5, 5.41) is 0. The zero-order valence-electron chi connectivity index (χ0n) is 6.77. The number of hydrogen-bond donors (Lipinski definition) is 4. The van der Waals surface area contributed by atoms with E-state index in [1.54, 1.807) is 0 Å². The lowest BCUT2D eigenvalue weighted by Crippen LogP contribution is -2.03. The van der Waals surface area contributed by atoms with Crippen molar-refractivity contribution in [2.75, 3.05) is 11.5 Å². The van der Waals surface area contributed by atoms with Crippen LogP contribution < -0.4 is 17.6 Å². The van der Waals surface area contributed by atoms with Gasteiger partial charge in [-0.2, -0.15) is 8.42 Å². The van der Waals surface area contributed by atoms with Crippen molar-refractivity contribution >= 4 is 21.5 Å². The Labute approximate surface area is 75.9 Å². The highest BCUT2D eigenvalue weighted by Gasteiger charge is 2.13. The molecule has 0 saturated carbocycles. The minimum Gasteiger partial charge on any atom is -0.399 e. The van der Waals surface area contributed by atoms with Crippen molar-refractivity contribution < 1.29 is 13.0 Å². The van der Waals surface area contributed by atoms with E-state index in [1.165, 1.54) is 12.1 Å². The third-order valence-corrected chi connectivity index (χ3v) is 2.22. The van der Waals surface area contributed by atoms with Gasteiger partial charge in [0.1, 0.15) is 4.90 Å². The molecule has 0 amide bonds. The molecule has 0 aromatic heterocycles. The first kappa shape index (κ1) is 11.7. The molecule has 6 nitrogen and oxygen atoms in total. The van der Waals surface area contributed by atoms with Crippen LogP contribution in [-0.4, -0.2) is 13.0 Å². The monoisotopic (exact) mass is 205 g/mol. The van der Waals surface area contributed by atoms with Gasteiger partial charge in [-0.15, -0.1) is 0 Å². The third kappa shape index (κ3) is 2.58. The van der Waals surface area contributed by atoms with Crippen LogP contribution in [0.15, 0.2) is 23.1 Å². The molecule has 0 spiro atoms. The lowest BCUT2D eigenvalue weighted by molar-refractivity contribution is 0.483. The molecule has 74 valence electrons. The van der Waals surface area contributed by atoms with Gasteiger partial charge in [-0.3, -0.25) is 4.55 Å². The first-order chi connectivity index (χ1) is 5.41. The van der Waals surface area contributed by atoms with Crippen molar-refractivity contribution in [2.45, 2.75) is 4.90 Å². The topological polar surface area (TPSA) is 141 Å². The Morgan fingerprint density at radius 1 is 1.23 bits per heavy atom. The van der Waals surface area contributed by atoms with Gasteiger partial charge in [0.15, 0.2) is 0 Å². The molecule has 1 rings (SSSR count). The molecule has 7 heteroatoms. The molecular weight excluding hydrogens is 194 g/mol. The predicted molar refractivity (Wildman–Crippen MR) is 50.1 cm³/mol. The zero-order chi connectivity index (χ0) is 9.35. The quantitative estimate of drug-likeness (QED) is 0.382. The van der Waals surface area contributed by atoms with Crippen molar-refractivity contribution in [3.63, 3.8) is 0 Å². The standard InChI is InChI=1S/C6H8N2O3S.H3N/c7-4-1-2-5(8)6(3-4)12(9,10)11;/h1-3H,7-8H2,(H,9,10,11);1H3. The highest BCUT2D eigenvalue weighted by molar-refractivity contribution is 7.86. The Bertz CT molecular complexity index is 402. The Balaban J connectivity index is 0.00000144. The molecule has 13 heavy (non-hydrogen) atoms. The van der Waals surface area contributed by atoms with Gasteiger partial charge in [0.2, 0.25) is 0 Å². The Hall–Kier alpha value is -1.31. The molecule has 0 saturated heterocycles. The second-order valence-corrected chi connectivity index (χ2v) is 3.66. The van der Waals surface area contributed by atoms with Crippen molar-refractivity contribution in [1.82, 2.24) is 6.15 Å². The van der Waals surface area contributed by atoms with Crippen LogP contribution in [-0.2, 0) is 10.1 Å². The fourth-order valence-electron chi connectivity index (χ4n) is 0.774. The lowest BCUT2D eigenvalue weighted by Gasteiger charge is -2.02. The molecule has 0 unspecified atom stereocenters. The predicted octanol–water partition coefficient (Wildman–Crippen LogP) is 0.260. The Morgan fingerprint density at radius 3 is 2.15 bits per heavy atom. The molecule has 0 aliphatic rings. The van der Waals surface area contributed by atoms with E-state index in [2.05, 4.69) is 0 Å². The van der Waals surface area contributed by atoms with Gasteiger partial charge in [0.05, 0.1) is 5.69 Å². The summed E-state index contributed by atoms with van der Waals surface area (Å²) in [4.78, 5) is -0.359. The van der Waals surface area contributed by atoms with Crippen molar-refractivity contribution in [1.29, 1.82) is 0 Å². The van der Waals surface area contributed by atoms with Gasteiger partial charge in [-0.1, -0.05) is 0 Å². The summed E-state index contributed by atoms with van der Waals surface area (Å²) in [5.74, 6) is 0. The number of hydrogen-bond acceptors (Lipinski definition) is 5. The van der Waals surface area contributed by atoms with Crippen LogP contribution >= 0.6 is 0 Å². The number of nitrogens with two attached hydrogens (primary N) is 2. The van der Waals surface area contributed by atoms with Crippen molar-refractivity contribution in [2.24, 2.45) is 0 Å². The first-order valence-corrected chi connectivity index (χ1v) is 4.48. The van der Waals surface area contributed by atoms with E-state index in [1.807, 2.05) is 0 Å². The smallest absolute Gasteiger partial charge is 0.296 e. The van der Waals surface area contributed by atoms with Gasteiger partial charge in [0.25, 0.3) is 10.1 Å². The summed E-state index contributed by atoms with van der Waals surface area (Å²) in [6, 6.07) is 3.87. The summed E-state index contributed by atoms with van der Waals surface area (Å²) >= 11 is 0. The molecule has 0 aliphatic heterocycles. The maximum Gasteiger partial charge on any atom is 0.296 e. The molecule has 0 atom stereocenters. The molecular formula is C6H11N3O3S. The van der Waals surface area contributed by atoms with E-state index in [4.69, 9.17) is 16.0 Å². The van der Waals surface area contributed by atoms with E-state index in [0.717, 1.165) is 6.07 Å². The van der Waals surface area contributed by atoms with Gasteiger partial charge >= 0.3 is 0 Å². The van der Waals surface area contributed by atoms with Crippen molar-refractivity contribution in [3.8, 4) is 0 Å². The van der Waals surface area contributed by atoms with Gasteiger partial charge in [-0.05, 0) is 18.2 Å². The average molecular weight is 205 g/mol. The average Bonchev–Trinajstić information content (AvgIpc) is 1.92. The second-order valence-electron chi connectivity index (χ2n) is 2.27. The van der Waals surface area contributed by atoms with Crippen molar-refractivity contribution in [3.05, 3.63) is 18.2 Å². The highest BCUT2D eigenvalue weighted by Crippen LogP contribution is 2.20. The minimum absolute atomic E-state index is 0. The van der Waals surface area contributed by atoms with E-state index in [0.29, 0.717) is 0 Å². The highest BCUT2D eigenvalue weighted by atomic mass is 32.2. The number of nitrogen functional groups attached to an aromatic ring is 2. The molecule has 0 bridgehead atoms. The van der Waals surface area contributed by atoms with Gasteiger partial charge < -0.3 is 17.6 Å². The van der Waals surface area contributed by atoms with E-state index >= 15 is 0 Å². The van der Waals surface area contributed by atoms with E-state index < -0.39 is 10.1 Å². The van der Waals surface area contributed by atoms with Crippen LogP contribution in [0.5, 0.6) is 0 Å². The van der Waals surface area contributed by atoms with Crippen LogP contribution in [0.1, 0.15) is 0 Å². The van der Waals surface area contributed by atoms with Crippen LogP contribution in [0.3, 0.4) is 0 Å². The van der Waals surface area contributed by atoms with Gasteiger partial charge in [0, 0.05) is 5.69 Å². The van der Waals surface area contributed by atoms with E-state index in [-0.39, 0.29) is 22.4 Å². The maximum absolute atomic E-state index is 10.6.